The molecule has 0 aromatic heterocycles. The number of nitrogens with one attached hydrogen (secondary N) is 2. The fraction of sp³-hybridized carbons (Fsp3) is 0.500. The smallest absolute Gasteiger partial charge is 0.251 e. The van der Waals surface area contributed by atoms with E-state index in [-0.39, 0.29) is 23.9 Å². The van der Waals surface area contributed by atoms with E-state index in [1.165, 1.54) is 0 Å². The van der Waals surface area contributed by atoms with Gasteiger partial charge in [0.2, 0.25) is 5.91 Å². The van der Waals surface area contributed by atoms with Gasteiger partial charge in [0.25, 0.3) is 5.91 Å². The Morgan fingerprint density at radius 3 is 2.71 bits per heavy atom. The molecule has 114 valence electrons. The van der Waals surface area contributed by atoms with Crippen molar-refractivity contribution in [2.45, 2.75) is 39.3 Å². The predicted molar refractivity (Wildman–Crippen MR) is 83.5 cm³/mol. The van der Waals surface area contributed by atoms with E-state index in [2.05, 4.69) is 10.6 Å². The Labute approximate surface area is 125 Å². The van der Waals surface area contributed by atoms with Crippen molar-refractivity contribution in [3.8, 4) is 0 Å². The highest BCUT2D eigenvalue weighted by atomic mass is 16.2. The summed E-state index contributed by atoms with van der Waals surface area (Å²) < 4.78 is 0. The van der Waals surface area contributed by atoms with E-state index in [0.29, 0.717) is 12.1 Å². The Hall–Kier alpha value is -2.04. The lowest BCUT2D eigenvalue weighted by molar-refractivity contribution is -0.131. The van der Waals surface area contributed by atoms with Gasteiger partial charge in [0.05, 0.1) is 0 Å². The molecular weight excluding hydrogens is 266 g/mol. The van der Waals surface area contributed by atoms with E-state index in [4.69, 9.17) is 0 Å². The summed E-state index contributed by atoms with van der Waals surface area (Å²) in [6.45, 7) is 6.48. The van der Waals surface area contributed by atoms with Crippen LogP contribution in [0.3, 0.4) is 0 Å². The van der Waals surface area contributed by atoms with E-state index in [1.54, 1.807) is 11.9 Å². The van der Waals surface area contributed by atoms with Crippen molar-refractivity contribution < 1.29 is 9.59 Å². The molecule has 1 aliphatic heterocycles. The van der Waals surface area contributed by atoms with Crippen LogP contribution in [0.2, 0.25) is 0 Å². The molecule has 5 heteroatoms. The van der Waals surface area contributed by atoms with Crippen LogP contribution in [0, 0.1) is 0 Å². The number of nitrogens with zero attached hydrogens (tertiary/aromatic N) is 1. The van der Waals surface area contributed by atoms with Crippen LogP contribution in [-0.2, 0) is 11.2 Å². The molecule has 0 unspecified atom stereocenters. The molecule has 5 nitrogen and oxygen atoms in total. The molecule has 2 amide bonds. The maximum Gasteiger partial charge on any atom is 0.251 e. The Bertz CT molecular complexity index is 554. The van der Waals surface area contributed by atoms with E-state index >= 15 is 0 Å². The quantitative estimate of drug-likeness (QED) is 0.886. The fourth-order valence-corrected chi connectivity index (χ4v) is 2.37. The van der Waals surface area contributed by atoms with Gasteiger partial charge in [-0.05, 0) is 44.9 Å². The zero-order valence-electron chi connectivity index (χ0n) is 13.1. The number of amides is 2. The third kappa shape index (κ3) is 3.35. The highest BCUT2D eigenvalue weighted by molar-refractivity contribution is 5.97. The van der Waals surface area contributed by atoms with Gasteiger partial charge in [0.1, 0.15) is 6.04 Å². The molecule has 1 aromatic rings. The number of hydrogen-bond donors (Lipinski definition) is 2. The second kappa shape index (κ2) is 6.16. The number of anilines is 1. The molecule has 21 heavy (non-hydrogen) atoms. The van der Waals surface area contributed by atoms with Crippen LogP contribution < -0.4 is 10.6 Å². The Balaban J connectivity index is 2.11. The van der Waals surface area contributed by atoms with Gasteiger partial charge in [-0.1, -0.05) is 6.07 Å². The molecular formula is C16H23N3O2. The molecule has 1 aromatic carbocycles. The van der Waals surface area contributed by atoms with Gasteiger partial charge >= 0.3 is 0 Å². The van der Waals surface area contributed by atoms with Crippen LogP contribution in [-0.4, -0.2) is 42.4 Å². The molecule has 0 aliphatic carbocycles. The fourth-order valence-electron chi connectivity index (χ4n) is 2.37. The zero-order valence-corrected chi connectivity index (χ0v) is 13.1. The molecule has 1 heterocycles. The first-order valence-corrected chi connectivity index (χ1v) is 7.34. The van der Waals surface area contributed by atoms with Crippen molar-refractivity contribution in [1.29, 1.82) is 0 Å². The average molecular weight is 289 g/mol. The number of carbonyl (C=O) groups is 2. The number of benzene rings is 1. The number of fused-ring (bicyclic) bond motifs is 1. The topological polar surface area (TPSA) is 61.4 Å². The molecule has 2 rings (SSSR count). The van der Waals surface area contributed by atoms with E-state index in [1.807, 2.05) is 39.0 Å². The van der Waals surface area contributed by atoms with Gasteiger partial charge in [-0.3, -0.25) is 9.59 Å². The Kier molecular flexibility index (Phi) is 4.50. The van der Waals surface area contributed by atoms with Crippen LogP contribution in [0.1, 0.15) is 36.7 Å². The van der Waals surface area contributed by atoms with Crippen molar-refractivity contribution in [3.63, 3.8) is 0 Å². The molecule has 0 saturated carbocycles. The predicted octanol–water partition coefficient (Wildman–Crippen LogP) is 1.64. The first-order valence-electron chi connectivity index (χ1n) is 7.34. The maximum atomic E-state index is 12.2. The lowest BCUT2D eigenvalue weighted by atomic mass is 9.99. The van der Waals surface area contributed by atoms with Crippen molar-refractivity contribution >= 4 is 17.5 Å². The molecule has 0 fully saturated rings. The minimum absolute atomic E-state index is 0.0344. The van der Waals surface area contributed by atoms with Gasteiger partial charge in [-0.15, -0.1) is 0 Å². The zero-order chi connectivity index (χ0) is 15.6. The second-order valence-electron chi connectivity index (χ2n) is 5.79. The van der Waals surface area contributed by atoms with Crippen molar-refractivity contribution in [1.82, 2.24) is 10.2 Å². The van der Waals surface area contributed by atoms with Crippen LogP contribution in [0.25, 0.3) is 0 Å². The minimum atomic E-state index is -0.331. The molecule has 0 radical (unpaired) electrons. The van der Waals surface area contributed by atoms with Gasteiger partial charge < -0.3 is 15.5 Å². The van der Waals surface area contributed by atoms with Gasteiger partial charge in [0.15, 0.2) is 0 Å². The summed E-state index contributed by atoms with van der Waals surface area (Å²) in [4.78, 5) is 25.8. The highest BCUT2D eigenvalue weighted by Crippen LogP contribution is 2.20. The number of carbonyl (C=O) groups excluding carboxylic acids is 2. The molecule has 2 N–H and O–H groups in total. The van der Waals surface area contributed by atoms with Crippen molar-refractivity contribution in [2.75, 3.05) is 18.9 Å². The van der Waals surface area contributed by atoms with Crippen LogP contribution >= 0.6 is 0 Å². The highest BCUT2D eigenvalue weighted by Gasteiger charge is 2.21. The Morgan fingerprint density at radius 1 is 1.33 bits per heavy atom. The summed E-state index contributed by atoms with van der Waals surface area (Å²) >= 11 is 0. The van der Waals surface area contributed by atoms with E-state index < -0.39 is 0 Å². The first kappa shape index (κ1) is 15.4. The van der Waals surface area contributed by atoms with Crippen LogP contribution in [0.15, 0.2) is 18.2 Å². The molecule has 0 saturated heterocycles. The number of hydrogen-bond acceptors (Lipinski definition) is 3. The number of likely N-dealkylation sites (N-methyl/N-ethyl adjacent to an activating group) is 1. The van der Waals surface area contributed by atoms with Crippen molar-refractivity contribution in [3.05, 3.63) is 29.3 Å². The summed E-state index contributed by atoms with van der Waals surface area (Å²) in [6, 6.07) is 5.54. The molecule has 0 bridgehead atoms. The van der Waals surface area contributed by atoms with Gasteiger partial charge in [-0.2, -0.15) is 0 Å². The normalized spacial score (nSPS) is 15.2. The van der Waals surface area contributed by atoms with Crippen LogP contribution in [0.5, 0.6) is 0 Å². The van der Waals surface area contributed by atoms with Gasteiger partial charge in [0, 0.05) is 30.9 Å². The summed E-state index contributed by atoms with van der Waals surface area (Å²) in [5.74, 6) is -0.00893. The molecule has 1 aliphatic rings. The average Bonchev–Trinajstić information content (AvgIpc) is 2.46. The third-order valence-corrected chi connectivity index (χ3v) is 3.91. The second-order valence-corrected chi connectivity index (χ2v) is 5.79. The van der Waals surface area contributed by atoms with Gasteiger partial charge in [-0.25, -0.2) is 0 Å². The monoisotopic (exact) mass is 289 g/mol. The van der Waals surface area contributed by atoms with Crippen molar-refractivity contribution in [2.24, 2.45) is 0 Å². The first-order chi connectivity index (χ1) is 9.90. The maximum absolute atomic E-state index is 12.2. The van der Waals surface area contributed by atoms with Crippen LogP contribution in [0.4, 0.5) is 5.69 Å². The Morgan fingerprint density at radius 2 is 2.05 bits per heavy atom. The summed E-state index contributed by atoms with van der Waals surface area (Å²) in [6.07, 6.45) is 0.853. The molecule has 1 atom stereocenters. The molecule has 0 spiro atoms. The SMILES string of the molecule is CC(C)N(C)C(=O)[C@H](C)Nc1ccc2c(c1)C(=O)NCC2. The minimum Gasteiger partial charge on any atom is -0.374 e. The van der Waals surface area contributed by atoms with E-state index in [9.17, 15) is 9.59 Å². The summed E-state index contributed by atoms with van der Waals surface area (Å²) in [7, 11) is 1.80. The van der Waals surface area contributed by atoms with E-state index in [0.717, 1.165) is 17.7 Å². The largest absolute Gasteiger partial charge is 0.374 e. The third-order valence-electron chi connectivity index (χ3n) is 3.91. The number of rotatable bonds is 4. The summed E-state index contributed by atoms with van der Waals surface area (Å²) in [5, 5.41) is 6.01. The lowest BCUT2D eigenvalue weighted by Gasteiger charge is -2.26. The lowest BCUT2D eigenvalue weighted by Crippen LogP contribution is -2.42. The standard InChI is InChI=1S/C16H23N3O2/c1-10(2)19(4)16(21)11(3)18-13-6-5-12-7-8-17-15(20)14(12)9-13/h5-6,9-11,18H,7-8H2,1-4H3,(H,17,20)/t11-/m0/s1. The summed E-state index contributed by atoms with van der Waals surface area (Å²) in [5.41, 5.74) is 2.55.